The number of pyridine rings is 1. The van der Waals surface area contributed by atoms with Crippen molar-refractivity contribution in [1.29, 1.82) is 0 Å². The third-order valence-electron chi connectivity index (χ3n) is 2.47. The number of aromatic carboxylic acids is 2. The summed E-state index contributed by atoms with van der Waals surface area (Å²) < 4.78 is 13.1. The van der Waals surface area contributed by atoms with Gasteiger partial charge in [0.2, 0.25) is 0 Å². The Morgan fingerprint density at radius 3 is 1.95 bits per heavy atom. The molecule has 1 heterocycles. The van der Waals surface area contributed by atoms with E-state index in [-0.39, 0.29) is 16.7 Å². The van der Waals surface area contributed by atoms with Gasteiger partial charge in [-0.15, -0.1) is 0 Å². The van der Waals surface area contributed by atoms with Crippen LogP contribution in [0.2, 0.25) is 0 Å². The normalized spacial score (nSPS) is 10.2. The third kappa shape index (κ3) is 2.74. The maximum Gasteiger partial charge on any atom is 0.335 e. The first-order valence-electron chi connectivity index (χ1n) is 5.20. The fraction of sp³-hybridized carbons (Fsp3) is 0. The molecule has 5 nitrogen and oxygen atoms in total. The van der Waals surface area contributed by atoms with Crippen LogP contribution in [0.3, 0.4) is 0 Å². The number of halogens is 1. The second kappa shape index (κ2) is 4.85. The second-order valence-electron chi connectivity index (χ2n) is 3.80. The summed E-state index contributed by atoms with van der Waals surface area (Å²) in [6.07, 6.45) is 2.33. The number of carboxylic acids is 2. The van der Waals surface area contributed by atoms with Crippen LogP contribution in [0.1, 0.15) is 20.7 Å². The van der Waals surface area contributed by atoms with Gasteiger partial charge in [-0.1, -0.05) is 0 Å². The zero-order valence-corrected chi connectivity index (χ0v) is 9.50. The summed E-state index contributed by atoms with van der Waals surface area (Å²) >= 11 is 0. The lowest BCUT2D eigenvalue weighted by Gasteiger charge is -2.05. The fourth-order valence-corrected chi connectivity index (χ4v) is 1.61. The summed E-state index contributed by atoms with van der Waals surface area (Å²) in [6.45, 7) is 0. The number of rotatable bonds is 3. The number of carbonyl (C=O) groups is 2. The Morgan fingerprint density at radius 1 is 0.895 bits per heavy atom. The summed E-state index contributed by atoms with van der Waals surface area (Å²) in [4.78, 5) is 25.5. The average molecular weight is 261 g/mol. The van der Waals surface area contributed by atoms with E-state index >= 15 is 0 Å². The number of hydrogen-bond acceptors (Lipinski definition) is 3. The van der Waals surface area contributed by atoms with E-state index in [1.54, 1.807) is 0 Å². The fourth-order valence-electron chi connectivity index (χ4n) is 1.61. The van der Waals surface area contributed by atoms with Crippen molar-refractivity contribution in [2.24, 2.45) is 0 Å². The Bertz CT molecular complexity index is 637. The molecule has 0 aliphatic carbocycles. The molecule has 0 radical (unpaired) electrons. The zero-order chi connectivity index (χ0) is 14.0. The minimum atomic E-state index is -1.26. The first-order valence-corrected chi connectivity index (χ1v) is 5.20. The smallest absolute Gasteiger partial charge is 0.335 e. The summed E-state index contributed by atoms with van der Waals surface area (Å²) in [5.41, 5.74) is 0.230. The van der Waals surface area contributed by atoms with Gasteiger partial charge in [-0.05, 0) is 29.8 Å². The molecule has 0 spiro atoms. The minimum absolute atomic E-state index is 0.181. The lowest BCUT2D eigenvalue weighted by Crippen LogP contribution is -2.03. The van der Waals surface area contributed by atoms with Crippen molar-refractivity contribution >= 4 is 11.9 Å². The Labute approximate surface area is 107 Å². The van der Waals surface area contributed by atoms with Crippen LogP contribution in [-0.4, -0.2) is 27.1 Å². The van der Waals surface area contributed by atoms with E-state index in [0.717, 1.165) is 18.3 Å². The average Bonchev–Trinajstić information content (AvgIpc) is 2.38. The van der Waals surface area contributed by atoms with Crippen molar-refractivity contribution in [3.05, 3.63) is 53.6 Å². The third-order valence-corrected chi connectivity index (χ3v) is 2.47. The minimum Gasteiger partial charge on any atom is -0.478 e. The molecule has 0 bridgehead atoms. The predicted molar refractivity (Wildman–Crippen MR) is 63.5 cm³/mol. The lowest BCUT2D eigenvalue weighted by molar-refractivity contribution is 0.0696. The molecule has 2 aromatic rings. The summed E-state index contributed by atoms with van der Waals surface area (Å²) in [5, 5.41) is 17.9. The van der Waals surface area contributed by atoms with E-state index in [0.29, 0.717) is 5.56 Å². The molecule has 1 aromatic heterocycles. The molecule has 19 heavy (non-hydrogen) atoms. The van der Waals surface area contributed by atoms with Crippen molar-refractivity contribution in [2.45, 2.75) is 0 Å². The van der Waals surface area contributed by atoms with Gasteiger partial charge in [0.05, 0.1) is 17.3 Å². The number of nitrogens with zero attached hydrogens (tertiary/aromatic N) is 1. The molecule has 0 aliphatic heterocycles. The van der Waals surface area contributed by atoms with E-state index in [1.807, 2.05) is 0 Å². The molecule has 2 rings (SSSR count). The first-order chi connectivity index (χ1) is 8.97. The molecule has 0 saturated carbocycles. The molecule has 0 aliphatic rings. The van der Waals surface area contributed by atoms with Gasteiger partial charge in [0.25, 0.3) is 0 Å². The highest BCUT2D eigenvalue weighted by molar-refractivity contribution is 5.96. The van der Waals surface area contributed by atoms with E-state index in [4.69, 9.17) is 10.2 Å². The van der Waals surface area contributed by atoms with Gasteiger partial charge in [-0.25, -0.2) is 14.0 Å². The van der Waals surface area contributed by atoms with E-state index in [9.17, 15) is 14.0 Å². The maximum atomic E-state index is 13.1. The quantitative estimate of drug-likeness (QED) is 0.884. The molecular formula is C13H8FNO4. The molecule has 1 aromatic carbocycles. The highest BCUT2D eigenvalue weighted by Gasteiger charge is 2.12. The monoisotopic (exact) mass is 261 g/mol. The maximum absolute atomic E-state index is 13.1. The van der Waals surface area contributed by atoms with E-state index in [2.05, 4.69) is 4.98 Å². The summed E-state index contributed by atoms with van der Waals surface area (Å²) in [7, 11) is 0. The van der Waals surface area contributed by atoms with E-state index in [1.165, 1.54) is 18.3 Å². The summed E-state index contributed by atoms with van der Waals surface area (Å²) in [5.74, 6) is -3.10. The Hall–Kier alpha value is -2.76. The number of hydrogen-bond donors (Lipinski definition) is 2. The van der Waals surface area contributed by atoms with Gasteiger partial charge < -0.3 is 10.2 Å². The molecule has 2 N–H and O–H groups in total. The van der Waals surface area contributed by atoms with Crippen LogP contribution in [0.4, 0.5) is 4.39 Å². The molecule has 96 valence electrons. The van der Waals surface area contributed by atoms with Gasteiger partial charge in [0, 0.05) is 11.8 Å². The standard InChI is InChI=1S/C13H8FNO4/c14-11-4-10(5-15-6-11)7-1-8(12(16)17)3-9(2-7)13(18)19/h1-6H,(H,16,17)(H,18,19). The summed E-state index contributed by atoms with van der Waals surface area (Å²) in [6, 6.07) is 4.73. The molecule has 6 heteroatoms. The largest absolute Gasteiger partial charge is 0.478 e. The van der Waals surface area contributed by atoms with Gasteiger partial charge in [0.15, 0.2) is 0 Å². The zero-order valence-electron chi connectivity index (χ0n) is 9.50. The van der Waals surface area contributed by atoms with Crippen LogP contribution in [0.25, 0.3) is 11.1 Å². The number of aromatic nitrogens is 1. The SMILES string of the molecule is O=C(O)c1cc(C(=O)O)cc(-c2cncc(F)c2)c1. The topological polar surface area (TPSA) is 87.5 Å². The van der Waals surface area contributed by atoms with Crippen LogP contribution in [0.5, 0.6) is 0 Å². The van der Waals surface area contributed by atoms with Gasteiger partial charge in [-0.2, -0.15) is 0 Å². The lowest BCUT2D eigenvalue weighted by atomic mass is 10.0. The van der Waals surface area contributed by atoms with E-state index < -0.39 is 17.8 Å². The molecule has 0 atom stereocenters. The van der Waals surface area contributed by atoms with Crippen LogP contribution < -0.4 is 0 Å². The molecule has 0 fully saturated rings. The molecular weight excluding hydrogens is 253 g/mol. The second-order valence-corrected chi connectivity index (χ2v) is 3.80. The number of benzene rings is 1. The first kappa shape index (κ1) is 12.7. The Balaban J connectivity index is 2.62. The highest BCUT2D eigenvalue weighted by Crippen LogP contribution is 2.22. The molecule has 0 amide bonds. The van der Waals surface area contributed by atoms with Crippen molar-refractivity contribution in [2.75, 3.05) is 0 Å². The molecule has 0 unspecified atom stereocenters. The van der Waals surface area contributed by atoms with Gasteiger partial charge in [0.1, 0.15) is 5.82 Å². The van der Waals surface area contributed by atoms with Gasteiger partial charge >= 0.3 is 11.9 Å². The van der Waals surface area contributed by atoms with Crippen molar-refractivity contribution in [1.82, 2.24) is 4.98 Å². The van der Waals surface area contributed by atoms with Crippen molar-refractivity contribution in [3.8, 4) is 11.1 Å². The van der Waals surface area contributed by atoms with Crippen LogP contribution in [-0.2, 0) is 0 Å². The van der Waals surface area contributed by atoms with Crippen LogP contribution in [0.15, 0.2) is 36.7 Å². The predicted octanol–water partition coefficient (Wildman–Crippen LogP) is 2.28. The van der Waals surface area contributed by atoms with Crippen molar-refractivity contribution in [3.63, 3.8) is 0 Å². The van der Waals surface area contributed by atoms with Gasteiger partial charge in [-0.3, -0.25) is 4.98 Å². The van der Waals surface area contributed by atoms with Crippen LogP contribution in [0, 0.1) is 5.82 Å². The Morgan fingerprint density at radius 2 is 1.47 bits per heavy atom. The van der Waals surface area contributed by atoms with Crippen LogP contribution >= 0.6 is 0 Å². The molecule has 0 saturated heterocycles. The number of carboxylic acid groups (broad SMARTS) is 2. The van der Waals surface area contributed by atoms with Crippen molar-refractivity contribution < 1.29 is 24.2 Å². The highest BCUT2D eigenvalue weighted by atomic mass is 19.1. The Kier molecular flexibility index (Phi) is 3.24.